The average molecular weight is 331 g/mol. The highest BCUT2D eigenvalue weighted by atomic mass is 16.6. The Morgan fingerprint density at radius 1 is 1.17 bits per heavy atom. The molecular weight excluding hydrogens is 306 g/mol. The first-order valence-electron chi connectivity index (χ1n) is 8.31. The molecule has 5 nitrogen and oxygen atoms in total. The van der Waals surface area contributed by atoms with Gasteiger partial charge in [0.25, 0.3) is 0 Å². The molecule has 0 radical (unpaired) electrons. The van der Waals surface area contributed by atoms with Crippen molar-refractivity contribution in [2.24, 2.45) is 5.41 Å². The van der Waals surface area contributed by atoms with Crippen LogP contribution in [0.3, 0.4) is 0 Å². The monoisotopic (exact) mass is 331 g/mol. The summed E-state index contributed by atoms with van der Waals surface area (Å²) in [5.41, 5.74) is 0.935. The van der Waals surface area contributed by atoms with Crippen molar-refractivity contribution in [3.8, 4) is 0 Å². The van der Waals surface area contributed by atoms with Gasteiger partial charge in [-0.2, -0.15) is 0 Å². The van der Waals surface area contributed by atoms with Crippen LogP contribution in [0, 0.1) is 5.41 Å². The molecule has 5 heteroatoms. The van der Waals surface area contributed by atoms with Gasteiger partial charge >= 0.3 is 12.1 Å². The summed E-state index contributed by atoms with van der Waals surface area (Å²) in [5.74, 6) is -0.557. The summed E-state index contributed by atoms with van der Waals surface area (Å²) in [6.45, 7) is 2.25. The summed E-state index contributed by atoms with van der Waals surface area (Å²) < 4.78 is 9.96. The highest BCUT2D eigenvalue weighted by Crippen LogP contribution is 2.37. The smallest absolute Gasteiger partial charge is 0.412 e. The zero-order valence-electron chi connectivity index (χ0n) is 14.3. The lowest BCUT2D eigenvalue weighted by Crippen LogP contribution is -2.31. The molecule has 1 aromatic rings. The number of carbonyl (C=O) groups is 2. The van der Waals surface area contributed by atoms with Gasteiger partial charge in [0.1, 0.15) is 12.3 Å². The van der Waals surface area contributed by atoms with E-state index in [4.69, 9.17) is 9.47 Å². The van der Waals surface area contributed by atoms with Crippen LogP contribution in [0.5, 0.6) is 0 Å². The van der Waals surface area contributed by atoms with Gasteiger partial charge in [-0.1, -0.05) is 56.5 Å². The van der Waals surface area contributed by atoms with Gasteiger partial charge in [-0.15, -0.1) is 0 Å². The quantitative estimate of drug-likeness (QED) is 0.655. The number of benzene rings is 1. The fraction of sp³-hybridized carbons (Fsp3) is 0.474. The number of allylic oxidation sites excluding steroid dienone is 1. The minimum Gasteiger partial charge on any atom is -0.464 e. The number of hydrogen-bond acceptors (Lipinski definition) is 4. The molecule has 1 saturated carbocycles. The van der Waals surface area contributed by atoms with E-state index in [0.29, 0.717) is 0 Å². The van der Waals surface area contributed by atoms with Crippen molar-refractivity contribution in [2.75, 3.05) is 7.11 Å². The molecule has 1 aliphatic carbocycles. The maximum Gasteiger partial charge on any atom is 0.412 e. The number of hydrogen-bond donors (Lipinski definition) is 1. The Bertz CT molecular complexity index is 589. The van der Waals surface area contributed by atoms with Gasteiger partial charge in [0.2, 0.25) is 0 Å². The second kappa shape index (κ2) is 8.52. The van der Waals surface area contributed by atoms with Crippen molar-refractivity contribution in [2.45, 2.75) is 45.6 Å². The SMILES string of the molecule is COC(=O)C(=CC1(C)CCCCC1)NC(=O)OCc1ccccc1. The molecule has 0 aromatic heterocycles. The predicted octanol–water partition coefficient (Wildman–Crippen LogP) is 3.94. The molecule has 0 atom stereocenters. The number of esters is 1. The third-order valence-electron chi connectivity index (χ3n) is 4.34. The molecular formula is C19H25NO4. The van der Waals surface area contributed by atoms with Crippen LogP contribution < -0.4 is 5.32 Å². The van der Waals surface area contributed by atoms with Crippen molar-refractivity contribution in [1.82, 2.24) is 5.32 Å². The van der Waals surface area contributed by atoms with Crippen molar-refractivity contribution in [3.05, 3.63) is 47.7 Å². The van der Waals surface area contributed by atoms with Gasteiger partial charge in [-0.3, -0.25) is 5.32 Å². The van der Waals surface area contributed by atoms with Gasteiger partial charge in [0.15, 0.2) is 0 Å². The normalized spacial score (nSPS) is 17.0. The molecule has 130 valence electrons. The Labute approximate surface area is 143 Å². The minimum absolute atomic E-state index is 0.103. The van der Waals surface area contributed by atoms with Crippen LogP contribution in [-0.4, -0.2) is 19.2 Å². The van der Waals surface area contributed by atoms with E-state index in [-0.39, 0.29) is 17.7 Å². The van der Waals surface area contributed by atoms with Gasteiger partial charge in [0.05, 0.1) is 7.11 Å². The second-order valence-corrected chi connectivity index (χ2v) is 6.45. The number of amides is 1. The van der Waals surface area contributed by atoms with Crippen molar-refractivity contribution < 1.29 is 19.1 Å². The number of rotatable bonds is 5. The van der Waals surface area contributed by atoms with Crippen molar-refractivity contribution in [3.63, 3.8) is 0 Å². The maximum atomic E-state index is 12.0. The van der Waals surface area contributed by atoms with Crippen molar-refractivity contribution >= 4 is 12.1 Å². The number of methoxy groups -OCH3 is 1. The van der Waals surface area contributed by atoms with E-state index < -0.39 is 12.1 Å². The van der Waals surface area contributed by atoms with E-state index in [2.05, 4.69) is 12.2 Å². The summed E-state index contributed by atoms with van der Waals surface area (Å²) in [7, 11) is 1.30. The number of ether oxygens (including phenoxy) is 2. The Balaban J connectivity index is 2.00. The highest BCUT2D eigenvalue weighted by molar-refractivity contribution is 5.92. The standard InChI is InChI=1S/C19H25NO4/c1-19(11-7-4-8-12-19)13-16(17(21)23-2)20-18(22)24-14-15-9-5-3-6-10-15/h3,5-6,9-10,13H,4,7-8,11-12,14H2,1-2H3,(H,20,22). The molecule has 1 N–H and O–H groups in total. The molecule has 1 fully saturated rings. The van der Waals surface area contributed by atoms with Crippen LogP contribution in [0.25, 0.3) is 0 Å². The Hall–Kier alpha value is -2.30. The minimum atomic E-state index is -0.657. The van der Waals surface area contributed by atoms with E-state index in [0.717, 1.165) is 31.2 Å². The third-order valence-corrected chi connectivity index (χ3v) is 4.34. The molecule has 0 saturated heterocycles. The van der Waals surface area contributed by atoms with Crippen LogP contribution in [0.2, 0.25) is 0 Å². The molecule has 2 rings (SSSR count). The predicted molar refractivity (Wildman–Crippen MR) is 91.1 cm³/mol. The Kier molecular flexibility index (Phi) is 6.41. The van der Waals surface area contributed by atoms with E-state index in [1.165, 1.54) is 13.5 Å². The van der Waals surface area contributed by atoms with Crippen LogP contribution >= 0.6 is 0 Å². The first-order chi connectivity index (χ1) is 11.5. The first kappa shape index (κ1) is 18.0. The van der Waals surface area contributed by atoms with E-state index in [9.17, 15) is 9.59 Å². The number of carbonyl (C=O) groups excluding carboxylic acids is 2. The van der Waals surface area contributed by atoms with Crippen LogP contribution in [0.1, 0.15) is 44.6 Å². The van der Waals surface area contributed by atoms with Crippen LogP contribution in [0.15, 0.2) is 42.1 Å². The summed E-state index contributed by atoms with van der Waals surface area (Å²) in [5, 5.41) is 2.54. The highest BCUT2D eigenvalue weighted by Gasteiger charge is 2.27. The van der Waals surface area contributed by atoms with Gasteiger partial charge < -0.3 is 9.47 Å². The topological polar surface area (TPSA) is 64.6 Å². The maximum absolute atomic E-state index is 12.0. The molecule has 0 bridgehead atoms. The third kappa shape index (κ3) is 5.41. The summed E-state index contributed by atoms with van der Waals surface area (Å²) in [6.07, 6.45) is 6.61. The second-order valence-electron chi connectivity index (χ2n) is 6.45. The van der Waals surface area contributed by atoms with E-state index in [1.54, 1.807) is 0 Å². The van der Waals surface area contributed by atoms with Crippen molar-refractivity contribution in [1.29, 1.82) is 0 Å². The first-order valence-corrected chi connectivity index (χ1v) is 8.31. The molecule has 1 aromatic carbocycles. The van der Waals surface area contributed by atoms with Crippen LogP contribution in [0.4, 0.5) is 4.79 Å². The number of nitrogens with one attached hydrogen (secondary N) is 1. The zero-order chi connectivity index (χ0) is 17.4. The lowest BCUT2D eigenvalue weighted by molar-refractivity contribution is -0.136. The molecule has 0 unspecified atom stereocenters. The fourth-order valence-corrected chi connectivity index (χ4v) is 2.98. The average Bonchev–Trinajstić information content (AvgIpc) is 2.60. The lowest BCUT2D eigenvalue weighted by atomic mass is 9.75. The largest absolute Gasteiger partial charge is 0.464 e. The van der Waals surface area contributed by atoms with Gasteiger partial charge in [-0.25, -0.2) is 9.59 Å². The Morgan fingerprint density at radius 2 is 1.83 bits per heavy atom. The van der Waals surface area contributed by atoms with Gasteiger partial charge in [-0.05, 0) is 29.9 Å². The van der Waals surface area contributed by atoms with E-state index in [1.807, 2.05) is 36.4 Å². The molecule has 0 heterocycles. The molecule has 1 amide bonds. The lowest BCUT2D eigenvalue weighted by Gasteiger charge is -2.31. The summed E-state index contributed by atoms with van der Waals surface area (Å²) in [6, 6.07) is 9.38. The molecule has 0 aliphatic heterocycles. The zero-order valence-corrected chi connectivity index (χ0v) is 14.3. The van der Waals surface area contributed by atoms with Gasteiger partial charge in [0, 0.05) is 0 Å². The molecule has 0 spiro atoms. The van der Waals surface area contributed by atoms with Crippen LogP contribution in [-0.2, 0) is 20.9 Å². The fourth-order valence-electron chi connectivity index (χ4n) is 2.98. The summed E-state index contributed by atoms with van der Waals surface area (Å²) >= 11 is 0. The number of alkyl carbamates (subject to hydrolysis) is 1. The Morgan fingerprint density at radius 3 is 2.46 bits per heavy atom. The molecule has 1 aliphatic rings. The summed E-state index contributed by atoms with van der Waals surface area (Å²) in [4.78, 5) is 24.0. The molecule has 24 heavy (non-hydrogen) atoms. The van der Waals surface area contributed by atoms with E-state index >= 15 is 0 Å².